The smallest absolute Gasteiger partial charge is 0.328 e. The second-order valence-corrected chi connectivity index (χ2v) is 5.25. The third kappa shape index (κ3) is 3.94. The zero-order chi connectivity index (χ0) is 14.5. The normalized spacial score (nSPS) is 10.7. The monoisotopic (exact) mass is 307 g/mol. The van der Waals surface area contributed by atoms with Gasteiger partial charge in [-0.1, -0.05) is 17.7 Å². The number of hydrogen-bond acceptors (Lipinski definition) is 3. The number of benzene rings is 1. The van der Waals surface area contributed by atoms with Gasteiger partial charge in [-0.3, -0.25) is 4.79 Å². The minimum Gasteiger partial charge on any atom is -0.478 e. The van der Waals surface area contributed by atoms with Crippen LogP contribution in [0, 0.1) is 0 Å². The molecule has 2 aromatic rings. The predicted octanol–water partition coefficient (Wildman–Crippen LogP) is 3.75. The Morgan fingerprint density at radius 3 is 2.80 bits per heavy atom. The Balaban J connectivity index is 2.08. The number of carboxylic acids is 1. The van der Waals surface area contributed by atoms with E-state index in [1.807, 2.05) is 0 Å². The van der Waals surface area contributed by atoms with Gasteiger partial charge in [-0.15, -0.1) is 11.3 Å². The molecule has 0 bridgehead atoms. The van der Waals surface area contributed by atoms with Gasteiger partial charge in [0.15, 0.2) is 0 Å². The zero-order valence-corrected chi connectivity index (χ0v) is 11.7. The maximum absolute atomic E-state index is 12.0. The van der Waals surface area contributed by atoms with Crippen LogP contribution < -0.4 is 5.32 Å². The van der Waals surface area contributed by atoms with Crippen LogP contribution >= 0.6 is 22.9 Å². The van der Waals surface area contributed by atoms with Crippen LogP contribution in [0.5, 0.6) is 0 Å². The summed E-state index contributed by atoms with van der Waals surface area (Å²) in [6.07, 6.45) is 2.48. The molecule has 20 heavy (non-hydrogen) atoms. The van der Waals surface area contributed by atoms with Crippen LogP contribution in [0.15, 0.2) is 41.8 Å². The third-order valence-corrected chi connectivity index (χ3v) is 3.49. The summed E-state index contributed by atoms with van der Waals surface area (Å²) in [4.78, 5) is 23.1. The molecule has 6 heteroatoms. The van der Waals surface area contributed by atoms with Crippen molar-refractivity contribution in [1.29, 1.82) is 0 Å². The number of carbonyl (C=O) groups is 2. The predicted molar refractivity (Wildman–Crippen MR) is 80.4 cm³/mol. The number of amides is 1. The molecule has 1 aromatic carbocycles. The number of carbonyl (C=O) groups excluding carboxylic acids is 1. The number of carboxylic acid groups (broad SMARTS) is 1. The molecule has 0 saturated heterocycles. The molecule has 0 atom stereocenters. The Hall–Kier alpha value is -2.11. The summed E-state index contributed by atoms with van der Waals surface area (Å²) in [5.41, 5.74) is 1.08. The molecule has 2 rings (SSSR count). The molecule has 4 nitrogen and oxygen atoms in total. The van der Waals surface area contributed by atoms with E-state index >= 15 is 0 Å². The molecular formula is C14H10ClNO3S. The largest absolute Gasteiger partial charge is 0.478 e. The van der Waals surface area contributed by atoms with Gasteiger partial charge >= 0.3 is 5.97 Å². The lowest BCUT2D eigenvalue weighted by atomic mass is 10.2. The molecule has 0 radical (unpaired) electrons. The van der Waals surface area contributed by atoms with Gasteiger partial charge in [0.25, 0.3) is 5.91 Å². The van der Waals surface area contributed by atoms with Gasteiger partial charge in [-0.25, -0.2) is 4.79 Å². The SMILES string of the molecule is O=C(O)C=Cc1cc(C(=O)Nc2cccc(Cl)c2)cs1. The minimum absolute atomic E-state index is 0.265. The Bertz CT molecular complexity index is 679. The summed E-state index contributed by atoms with van der Waals surface area (Å²) in [7, 11) is 0. The molecule has 102 valence electrons. The van der Waals surface area contributed by atoms with Crippen molar-refractivity contribution in [3.8, 4) is 0 Å². The quantitative estimate of drug-likeness (QED) is 0.845. The Morgan fingerprint density at radius 1 is 1.30 bits per heavy atom. The zero-order valence-electron chi connectivity index (χ0n) is 10.2. The summed E-state index contributed by atoms with van der Waals surface area (Å²) < 4.78 is 0. The van der Waals surface area contributed by atoms with Crippen LogP contribution in [-0.2, 0) is 4.79 Å². The summed E-state index contributed by atoms with van der Waals surface area (Å²) in [5.74, 6) is -1.29. The molecule has 0 saturated carbocycles. The molecule has 1 aromatic heterocycles. The van der Waals surface area contributed by atoms with Crippen LogP contribution in [0.1, 0.15) is 15.2 Å². The first-order valence-corrected chi connectivity index (χ1v) is 6.87. The Morgan fingerprint density at radius 2 is 2.10 bits per heavy atom. The van der Waals surface area contributed by atoms with Gasteiger partial charge in [0.05, 0.1) is 5.56 Å². The molecule has 0 aliphatic heterocycles. The highest BCUT2D eigenvalue weighted by Gasteiger charge is 2.08. The van der Waals surface area contributed by atoms with Crippen molar-refractivity contribution < 1.29 is 14.7 Å². The summed E-state index contributed by atoms with van der Waals surface area (Å²) in [6, 6.07) is 8.48. The summed E-state index contributed by atoms with van der Waals surface area (Å²) in [5, 5.41) is 13.5. The van der Waals surface area contributed by atoms with Gasteiger partial charge < -0.3 is 10.4 Å². The average Bonchev–Trinajstić information content (AvgIpc) is 2.85. The molecule has 2 N–H and O–H groups in total. The molecule has 0 spiro atoms. The molecule has 1 amide bonds. The van der Waals surface area contributed by atoms with E-state index in [9.17, 15) is 9.59 Å². The first-order valence-electron chi connectivity index (χ1n) is 5.61. The lowest BCUT2D eigenvalue weighted by molar-refractivity contribution is -0.131. The minimum atomic E-state index is -1.02. The Labute approximate surface area is 124 Å². The van der Waals surface area contributed by atoms with E-state index in [4.69, 9.17) is 16.7 Å². The first kappa shape index (κ1) is 14.3. The van der Waals surface area contributed by atoms with Crippen molar-refractivity contribution in [2.45, 2.75) is 0 Å². The maximum atomic E-state index is 12.0. The molecule has 0 aliphatic rings. The number of nitrogens with one attached hydrogen (secondary N) is 1. The van der Waals surface area contributed by atoms with E-state index in [-0.39, 0.29) is 5.91 Å². The van der Waals surface area contributed by atoms with Crippen molar-refractivity contribution in [3.05, 3.63) is 57.3 Å². The second-order valence-electron chi connectivity index (χ2n) is 3.87. The van der Waals surface area contributed by atoms with Gasteiger partial charge in [0.2, 0.25) is 0 Å². The van der Waals surface area contributed by atoms with E-state index in [2.05, 4.69) is 5.32 Å². The van der Waals surface area contributed by atoms with E-state index in [0.29, 0.717) is 21.2 Å². The maximum Gasteiger partial charge on any atom is 0.328 e. The fourth-order valence-corrected chi connectivity index (χ4v) is 2.45. The van der Waals surface area contributed by atoms with Crippen LogP contribution in [0.3, 0.4) is 0 Å². The van der Waals surface area contributed by atoms with Gasteiger partial charge in [-0.2, -0.15) is 0 Å². The first-order chi connectivity index (χ1) is 9.54. The van der Waals surface area contributed by atoms with Crippen LogP contribution in [0.2, 0.25) is 5.02 Å². The molecule has 0 fully saturated rings. The van der Waals surface area contributed by atoms with Crippen LogP contribution in [-0.4, -0.2) is 17.0 Å². The molecule has 1 heterocycles. The van der Waals surface area contributed by atoms with Crippen LogP contribution in [0.4, 0.5) is 5.69 Å². The third-order valence-electron chi connectivity index (χ3n) is 2.35. The van der Waals surface area contributed by atoms with Gasteiger partial charge in [-0.05, 0) is 30.3 Å². The number of halogens is 1. The lowest BCUT2D eigenvalue weighted by Crippen LogP contribution is -2.10. The number of rotatable bonds is 4. The molecular weight excluding hydrogens is 298 g/mol. The highest BCUT2D eigenvalue weighted by molar-refractivity contribution is 7.11. The van der Waals surface area contributed by atoms with Crippen molar-refractivity contribution in [1.82, 2.24) is 0 Å². The molecule has 0 aliphatic carbocycles. The van der Waals surface area contributed by atoms with Gasteiger partial charge in [0, 0.05) is 27.0 Å². The fraction of sp³-hybridized carbons (Fsp3) is 0. The number of aliphatic carboxylic acids is 1. The number of thiophene rings is 1. The van der Waals surface area contributed by atoms with Crippen molar-refractivity contribution in [3.63, 3.8) is 0 Å². The number of hydrogen-bond donors (Lipinski definition) is 2. The highest BCUT2D eigenvalue weighted by atomic mass is 35.5. The topological polar surface area (TPSA) is 66.4 Å². The van der Waals surface area contributed by atoms with E-state index in [1.165, 1.54) is 17.4 Å². The summed E-state index contributed by atoms with van der Waals surface area (Å²) in [6.45, 7) is 0. The van der Waals surface area contributed by atoms with Gasteiger partial charge in [0.1, 0.15) is 0 Å². The highest BCUT2D eigenvalue weighted by Crippen LogP contribution is 2.19. The van der Waals surface area contributed by atoms with E-state index in [0.717, 1.165) is 6.08 Å². The molecule has 0 unspecified atom stereocenters. The van der Waals surface area contributed by atoms with Crippen LogP contribution in [0.25, 0.3) is 6.08 Å². The van der Waals surface area contributed by atoms with Crippen molar-refractivity contribution in [2.75, 3.05) is 5.32 Å². The average molecular weight is 308 g/mol. The van der Waals surface area contributed by atoms with Crippen molar-refractivity contribution >= 4 is 46.6 Å². The van der Waals surface area contributed by atoms with E-state index < -0.39 is 5.97 Å². The standard InChI is InChI=1S/C14H10ClNO3S/c15-10-2-1-3-11(7-10)16-14(19)9-6-12(20-8-9)4-5-13(17)18/h1-8H,(H,16,19)(H,17,18). The van der Waals surface area contributed by atoms with Crippen molar-refractivity contribution in [2.24, 2.45) is 0 Å². The lowest BCUT2D eigenvalue weighted by Gasteiger charge is -2.03. The summed E-state index contributed by atoms with van der Waals surface area (Å²) >= 11 is 7.13. The number of anilines is 1. The second kappa shape index (κ2) is 6.36. The Kier molecular flexibility index (Phi) is 4.55. The van der Waals surface area contributed by atoms with E-state index in [1.54, 1.807) is 35.7 Å². The fourth-order valence-electron chi connectivity index (χ4n) is 1.48.